The summed E-state index contributed by atoms with van der Waals surface area (Å²) < 4.78 is 5.32. The molecule has 0 unspecified atom stereocenters. The van der Waals surface area contributed by atoms with Crippen molar-refractivity contribution in [3.05, 3.63) is 29.3 Å². The number of nitrogens with zero attached hydrogens (tertiary/aromatic N) is 1. The van der Waals surface area contributed by atoms with Gasteiger partial charge < -0.3 is 10.1 Å². The Labute approximate surface area is 123 Å². The molecule has 1 aromatic rings. The molecule has 1 N–H and O–H groups in total. The fourth-order valence-electron chi connectivity index (χ4n) is 3.09. The lowest BCUT2D eigenvalue weighted by atomic mass is 9.96. The van der Waals surface area contributed by atoms with Gasteiger partial charge in [-0.2, -0.15) is 0 Å². The first-order valence-corrected chi connectivity index (χ1v) is 7.79. The highest BCUT2D eigenvalue weighted by Gasteiger charge is 2.19. The Balaban J connectivity index is 1.94. The molecule has 0 aromatic heterocycles. The van der Waals surface area contributed by atoms with E-state index in [1.54, 1.807) is 7.11 Å². The SMILES string of the molecule is CCc1cc(OC)ccc1CN1CCC(CNC)CC1. The Hall–Kier alpha value is -1.06. The van der Waals surface area contributed by atoms with Crippen LogP contribution in [0.15, 0.2) is 18.2 Å². The fraction of sp³-hybridized carbons (Fsp3) is 0.647. The molecule has 0 spiro atoms. The van der Waals surface area contributed by atoms with E-state index in [0.717, 1.165) is 31.2 Å². The first-order chi connectivity index (χ1) is 9.76. The van der Waals surface area contributed by atoms with E-state index in [2.05, 4.69) is 42.4 Å². The van der Waals surface area contributed by atoms with Gasteiger partial charge in [-0.3, -0.25) is 4.90 Å². The van der Waals surface area contributed by atoms with Crippen LogP contribution in [0.4, 0.5) is 0 Å². The molecule has 0 amide bonds. The second-order valence-corrected chi connectivity index (χ2v) is 5.77. The summed E-state index contributed by atoms with van der Waals surface area (Å²) in [6.45, 7) is 6.91. The van der Waals surface area contributed by atoms with Crippen LogP contribution in [0.1, 0.15) is 30.9 Å². The van der Waals surface area contributed by atoms with Crippen molar-refractivity contribution in [2.45, 2.75) is 32.7 Å². The zero-order chi connectivity index (χ0) is 14.4. The molecule has 0 radical (unpaired) electrons. The van der Waals surface area contributed by atoms with Gasteiger partial charge in [0.2, 0.25) is 0 Å². The van der Waals surface area contributed by atoms with Crippen molar-refractivity contribution in [1.82, 2.24) is 10.2 Å². The third-order valence-electron chi connectivity index (χ3n) is 4.39. The molecular weight excluding hydrogens is 248 g/mol. The van der Waals surface area contributed by atoms with Gasteiger partial charge in [0.1, 0.15) is 5.75 Å². The third-order valence-corrected chi connectivity index (χ3v) is 4.39. The minimum absolute atomic E-state index is 0.859. The topological polar surface area (TPSA) is 24.5 Å². The van der Waals surface area contributed by atoms with Crippen LogP contribution in [0.25, 0.3) is 0 Å². The van der Waals surface area contributed by atoms with E-state index in [9.17, 15) is 0 Å². The molecule has 0 saturated carbocycles. The number of methoxy groups -OCH3 is 1. The van der Waals surface area contributed by atoms with Crippen LogP contribution < -0.4 is 10.1 Å². The third kappa shape index (κ3) is 3.97. The quantitative estimate of drug-likeness (QED) is 0.864. The molecule has 1 aromatic carbocycles. The highest BCUT2D eigenvalue weighted by molar-refractivity contribution is 5.35. The number of ether oxygens (including phenoxy) is 1. The van der Waals surface area contributed by atoms with Crippen molar-refractivity contribution in [3.63, 3.8) is 0 Å². The average Bonchev–Trinajstić information content (AvgIpc) is 2.50. The van der Waals surface area contributed by atoms with Crippen LogP contribution in [-0.4, -0.2) is 38.7 Å². The van der Waals surface area contributed by atoms with E-state index in [1.165, 1.54) is 37.1 Å². The van der Waals surface area contributed by atoms with Crippen LogP contribution >= 0.6 is 0 Å². The van der Waals surface area contributed by atoms with Crippen LogP contribution in [0.5, 0.6) is 5.75 Å². The summed E-state index contributed by atoms with van der Waals surface area (Å²) >= 11 is 0. The summed E-state index contributed by atoms with van der Waals surface area (Å²) in [7, 11) is 3.79. The summed E-state index contributed by atoms with van der Waals surface area (Å²) in [5.74, 6) is 1.83. The largest absolute Gasteiger partial charge is 0.497 e. The lowest BCUT2D eigenvalue weighted by molar-refractivity contribution is 0.176. The first-order valence-electron chi connectivity index (χ1n) is 7.79. The van der Waals surface area contributed by atoms with Crippen LogP contribution in [0, 0.1) is 5.92 Å². The van der Waals surface area contributed by atoms with E-state index in [1.807, 2.05) is 0 Å². The van der Waals surface area contributed by atoms with Crippen LogP contribution in [0.2, 0.25) is 0 Å². The van der Waals surface area contributed by atoms with Gasteiger partial charge in [0, 0.05) is 6.54 Å². The Kier molecular flexibility index (Phi) is 5.86. The number of hydrogen-bond acceptors (Lipinski definition) is 3. The Morgan fingerprint density at radius 1 is 1.25 bits per heavy atom. The minimum atomic E-state index is 0.859. The number of nitrogens with one attached hydrogen (secondary N) is 1. The summed E-state index contributed by atoms with van der Waals surface area (Å²) in [4.78, 5) is 2.59. The van der Waals surface area contributed by atoms with Gasteiger partial charge in [-0.05, 0) is 75.1 Å². The molecule has 3 nitrogen and oxygen atoms in total. The van der Waals surface area contributed by atoms with Gasteiger partial charge in [-0.1, -0.05) is 13.0 Å². The van der Waals surface area contributed by atoms with Gasteiger partial charge in [-0.25, -0.2) is 0 Å². The maximum atomic E-state index is 5.32. The van der Waals surface area contributed by atoms with Gasteiger partial charge >= 0.3 is 0 Å². The van der Waals surface area contributed by atoms with Crippen LogP contribution in [-0.2, 0) is 13.0 Å². The predicted molar refractivity (Wildman–Crippen MR) is 84.3 cm³/mol. The average molecular weight is 276 g/mol. The minimum Gasteiger partial charge on any atom is -0.497 e. The maximum absolute atomic E-state index is 5.32. The Morgan fingerprint density at radius 2 is 2.00 bits per heavy atom. The molecular formula is C17H28N2O. The van der Waals surface area contributed by atoms with Crippen molar-refractivity contribution in [2.24, 2.45) is 5.92 Å². The van der Waals surface area contributed by atoms with E-state index in [0.29, 0.717) is 0 Å². The zero-order valence-electron chi connectivity index (χ0n) is 13.1. The van der Waals surface area contributed by atoms with Gasteiger partial charge in [0.05, 0.1) is 7.11 Å². The number of benzene rings is 1. The molecule has 3 heteroatoms. The molecule has 2 rings (SSSR count). The van der Waals surface area contributed by atoms with Crippen molar-refractivity contribution in [2.75, 3.05) is 33.8 Å². The highest BCUT2D eigenvalue weighted by Crippen LogP contribution is 2.23. The molecule has 0 aliphatic carbocycles. The summed E-state index contributed by atoms with van der Waals surface area (Å²) in [5.41, 5.74) is 2.88. The fourth-order valence-corrected chi connectivity index (χ4v) is 3.09. The van der Waals surface area contributed by atoms with E-state index < -0.39 is 0 Å². The second kappa shape index (κ2) is 7.65. The molecule has 1 heterocycles. The monoisotopic (exact) mass is 276 g/mol. The lowest BCUT2D eigenvalue weighted by Gasteiger charge is -2.32. The van der Waals surface area contributed by atoms with Crippen molar-refractivity contribution >= 4 is 0 Å². The van der Waals surface area contributed by atoms with Crippen LogP contribution in [0.3, 0.4) is 0 Å². The van der Waals surface area contributed by atoms with Crippen molar-refractivity contribution < 1.29 is 4.74 Å². The second-order valence-electron chi connectivity index (χ2n) is 5.77. The molecule has 20 heavy (non-hydrogen) atoms. The van der Waals surface area contributed by atoms with Gasteiger partial charge in [0.15, 0.2) is 0 Å². The Morgan fingerprint density at radius 3 is 2.60 bits per heavy atom. The molecule has 0 bridgehead atoms. The zero-order valence-corrected chi connectivity index (χ0v) is 13.1. The van der Waals surface area contributed by atoms with Crippen molar-refractivity contribution in [1.29, 1.82) is 0 Å². The summed E-state index contributed by atoms with van der Waals surface area (Å²) in [5, 5.41) is 3.30. The van der Waals surface area contributed by atoms with Gasteiger partial charge in [0.25, 0.3) is 0 Å². The summed E-state index contributed by atoms with van der Waals surface area (Å²) in [6.07, 6.45) is 3.71. The smallest absolute Gasteiger partial charge is 0.119 e. The van der Waals surface area contributed by atoms with Crippen molar-refractivity contribution in [3.8, 4) is 5.75 Å². The maximum Gasteiger partial charge on any atom is 0.119 e. The number of aryl methyl sites for hydroxylation is 1. The van der Waals surface area contributed by atoms with E-state index >= 15 is 0 Å². The first kappa shape index (κ1) is 15.3. The molecule has 1 fully saturated rings. The van der Waals surface area contributed by atoms with Gasteiger partial charge in [-0.15, -0.1) is 0 Å². The van der Waals surface area contributed by atoms with E-state index in [4.69, 9.17) is 4.74 Å². The normalized spacial score (nSPS) is 17.4. The predicted octanol–water partition coefficient (Wildman–Crippen LogP) is 2.69. The Bertz CT molecular complexity index is 411. The molecule has 1 aliphatic rings. The number of piperidine rings is 1. The number of likely N-dealkylation sites (tertiary alicyclic amines) is 1. The summed E-state index contributed by atoms with van der Waals surface area (Å²) in [6, 6.07) is 6.50. The molecule has 112 valence electrons. The molecule has 0 atom stereocenters. The number of hydrogen-bond donors (Lipinski definition) is 1. The lowest BCUT2D eigenvalue weighted by Crippen LogP contribution is -2.36. The standard InChI is InChI=1S/C17H28N2O/c1-4-15-11-17(20-3)6-5-16(15)13-19-9-7-14(8-10-19)12-18-2/h5-6,11,14,18H,4,7-10,12-13H2,1-3H3. The molecule has 1 saturated heterocycles. The van der Waals surface area contributed by atoms with E-state index in [-0.39, 0.29) is 0 Å². The highest BCUT2D eigenvalue weighted by atomic mass is 16.5. The number of rotatable bonds is 6. The molecule has 1 aliphatic heterocycles.